The van der Waals surface area contributed by atoms with E-state index in [9.17, 15) is 9.59 Å². The fourth-order valence-electron chi connectivity index (χ4n) is 1.05. The highest BCUT2D eigenvalue weighted by Crippen LogP contribution is 2.04. The van der Waals surface area contributed by atoms with Crippen LogP contribution in [0.2, 0.25) is 0 Å². The molecule has 0 aliphatic carbocycles. The van der Waals surface area contributed by atoms with Gasteiger partial charge in [-0.1, -0.05) is 13.8 Å². The van der Waals surface area contributed by atoms with Crippen molar-refractivity contribution in [3.63, 3.8) is 0 Å². The van der Waals surface area contributed by atoms with E-state index in [2.05, 4.69) is 10.3 Å². The summed E-state index contributed by atoms with van der Waals surface area (Å²) in [6.45, 7) is 3.42. The lowest BCUT2D eigenvalue weighted by Gasteiger charge is -2.16. The van der Waals surface area contributed by atoms with E-state index in [0.29, 0.717) is 0 Å². The number of carboxylic acid groups (broad SMARTS) is 1. The number of rotatable bonds is 4. The van der Waals surface area contributed by atoms with Gasteiger partial charge in [-0.2, -0.15) is 0 Å². The molecular weight excluding hydrogens is 200 g/mol. The van der Waals surface area contributed by atoms with Gasteiger partial charge in [-0.3, -0.25) is 4.79 Å². The fourth-order valence-corrected chi connectivity index (χ4v) is 1.05. The molecule has 2 N–H and O–H groups in total. The van der Waals surface area contributed by atoms with Crippen LogP contribution >= 0.6 is 0 Å². The molecule has 6 nitrogen and oxygen atoms in total. The van der Waals surface area contributed by atoms with Crippen LogP contribution in [-0.2, 0) is 4.79 Å². The smallest absolute Gasteiger partial charge is 0.326 e. The zero-order chi connectivity index (χ0) is 11.4. The summed E-state index contributed by atoms with van der Waals surface area (Å²) < 4.78 is 4.74. The summed E-state index contributed by atoms with van der Waals surface area (Å²) in [6.07, 6.45) is 2.34. The van der Waals surface area contributed by atoms with Gasteiger partial charge >= 0.3 is 5.97 Å². The monoisotopic (exact) mass is 212 g/mol. The second-order valence-electron chi connectivity index (χ2n) is 3.40. The van der Waals surface area contributed by atoms with Crippen molar-refractivity contribution in [1.29, 1.82) is 0 Å². The van der Waals surface area contributed by atoms with E-state index >= 15 is 0 Å². The van der Waals surface area contributed by atoms with Crippen molar-refractivity contribution in [1.82, 2.24) is 10.3 Å². The molecule has 0 spiro atoms. The van der Waals surface area contributed by atoms with Crippen molar-refractivity contribution in [2.45, 2.75) is 19.9 Å². The summed E-state index contributed by atoms with van der Waals surface area (Å²) >= 11 is 0. The molecule has 82 valence electrons. The van der Waals surface area contributed by atoms with E-state index in [1.807, 2.05) is 0 Å². The molecule has 6 heteroatoms. The van der Waals surface area contributed by atoms with Crippen LogP contribution in [-0.4, -0.2) is 28.0 Å². The average molecular weight is 212 g/mol. The van der Waals surface area contributed by atoms with Gasteiger partial charge in [-0.25, -0.2) is 9.78 Å². The highest BCUT2D eigenvalue weighted by molar-refractivity contribution is 5.93. The lowest BCUT2D eigenvalue weighted by molar-refractivity contribution is -0.140. The van der Waals surface area contributed by atoms with Crippen molar-refractivity contribution in [2.24, 2.45) is 5.92 Å². The maximum atomic E-state index is 11.4. The molecule has 0 saturated carbocycles. The second kappa shape index (κ2) is 4.59. The van der Waals surface area contributed by atoms with Gasteiger partial charge in [-0.15, -0.1) is 0 Å². The molecule has 1 aromatic rings. The Morgan fingerprint density at radius 2 is 2.20 bits per heavy atom. The van der Waals surface area contributed by atoms with Gasteiger partial charge in [0.05, 0.1) is 6.20 Å². The first-order valence-electron chi connectivity index (χ1n) is 4.44. The molecule has 0 radical (unpaired) electrons. The number of nitrogens with one attached hydrogen (secondary N) is 1. The molecule has 0 saturated heterocycles. The number of aromatic nitrogens is 1. The average Bonchev–Trinajstić information content (AvgIpc) is 2.65. The Kier molecular flexibility index (Phi) is 3.43. The van der Waals surface area contributed by atoms with Crippen LogP contribution < -0.4 is 5.32 Å². The quantitative estimate of drug-likeness (QED) is 0.758. The van der Waals surface area contributed by atoms with Crippen LogP contribution in [0.15, 0.2) is 17.0 Å². The molecular formula is C9H12N2O4. The van der Waals surface area contributed by atoms with E-state index in [0.717, 1.165) is 6.39 Å². The molecule has 0 bridgehead atoms. The summed E-state index contributed by atoms with van der Waals surface area (Å²) in [6, 6.07) is -0.928. The first kappa shape index (κ1) is 11.2. The van der Waals surface area contributed by atoms with Crippen molar-refractivity contribution in [3.8, 4) is 0 Å². The number of carbonyl (C=O) groups excluding carboxylic acids is 1. The van der Waals surface area contributed by atoms with Gasteiger partial charge in [0, 0.05) is 0 Å². The Morgan fingerprint density at radius 3 is 2.60 bits per heavy atom. The summed E-state index contributed by atoms with van der Waals surface area (Å²) in [5.41, 5.74) is 0. The summed E-state index contributed by atoms with van der Waals surface area (Å²) in [4.78, 5) is 25.8. The van der Waals surface area contributed by atoms with E-state index in [4.69, 9.17) is 9.52 Å². The van der Waals surface area contributed by atoms with Crippen LogP contribution in [0.25, 0.3) is 0 Å². The SMILES string of the molecule is CC(C)[C@H](NC(=O)c1cnco1)C(=O)O. The minimum absolute atomic E-state index is 0.00176. The van der Waals surface area contributed by atoms with Crippen LogP contribution in [0.4, 0.5) is 0 Å². The highest BCUT2D eigenvalue weighted by Gasteiger charge is 2.24. The lowest BCUT2D eigenvalue weighted by atomic mass is 10.0. The van der Waals surface area contributed by atoms with Gasteiger partial charge in [0.2, 0.25) is 5.76 Å². The summed E-state index contributed by atoms with van der Waals surface area (Å²) in [5, 5.41) is 11.2. The van der Waals surface area contributed by atoms with E-state index in [-0.39, 0.29) is 11.7 Å². The zero-order valence-electron chi connectivity index (χ0n) is 8.43. The Hall–Kier alpha value is -1.85. The van der Waals surface area contributed by atoms with E-state index in [1.54, 1.807) is 13.8 Å². The maximum absolute atomic E-state index is 11.4. The predicted molar refractivity (Wildman–Crippen MR) is 50.2 cm³/mol. The Balaban J connectivity index is 2.67. The largest absolute Gasteiger partial charge is 0.480 e. The predicted octanol–water partition coefficient (Wildman–Crippen LogP) is 0.514. The number of hydrogen-bond donors (Lipinski definition) is 2. The van der Waals surface area contributed by atoms with Gasteiger partial charge in [0.25, 0.3) is 5.91 Å². The first-order valence-corrected chi connectivity index (χ1v) is 4.44. The van der Waals surface area contributed by atoms with Crippen molar-refractivity contribution in [2.75, 3.05) is 0 Å². The molecule has 1 amide bonds. The molecule has 1 rings (SSSR count). The van der Waals surface area contributed by atoms with E-state index < -0.39 is 17.9 Å². The van der Waals surface area contributed by atoms with Gasteiger partial charge in [-0.05, 0) is 5.92 Å². The molecule has 0 fully saturated rings. The Bertz CT molecular complexity index is 345. The van der Waals surface area contributed by atoms with Crippen molar-refractivity contribution < 1.29 is 19.1 Å². The van der Waals surface area contributed by atoms with Gasteiger partial charge < -0.3 is 14.8 Å². The Labute approximate surface area is 86.3 Å². The molecule has 0 unspecified atom stereocenters. The first-order chi connectivity index (χ1) is 7.02. The third-order valence-corrected chi connectivity index (χ3v) is 1.88. The summed E-state index contributed by atoms with van der Waals surface area (Å²) in [5.74, 6) is -1.84. The van der Waals surface area contributed by atoms with Crippen LogP contribution in [0, 0.1) is 5.92 Å². The number of carbonyl (C=O) groups is 2. The fraction of sp³-hybridized carbons (Fsp3) is 0.444. The molecule has 15 heavy (non-hydrogen) atoms. The van der Waals surface area contributed by atoms with Crippen molar-refractivity contribution in [3.05, 3.63) is 18.4 Å². The third kappa shape index (κ3) is 2.80. The van der Waals surface area contributed by atoms with Gasteiger partial charge in [0.15, 0.2) is 6.39 Å². The van der Waals surface area contributed by atoms with Crippen molar-refractivity contribution >= 4 is 11.9 Å². The third-order valence-electron chi connectivity index (χ3n) is 1.88. The van der Waals surface area contributed by atoms with E-state index in [1.165, 1.54) is 6.20 Å². The number of hydrogen-bond acceptors (Lipinski definition) is 4. The normalized spacial score (nSPS) is 12.5. The molecule has 0 aromatic carbocycles. The molecule has 1 aromatic heterocycles. The van der Waals surface area contributed by atoms with Crippen LogP contribution in [0.1, 0.15) is 24.4 Å². The van der Waals surface area contributed by atoms with Gasteiger partial charge in [0.1, 0.15) is 6.04 Å². The van der Waals surface area contributed by atoms with Crippen LogP contribution in [0.5, 0.6) is 0 Å². The molecule has 1 heterocycles. The minimum Gasteiger partial charge on any atom is -0.480 e. The lowest BCUT2D eigenvalue weighted by Crippen LogP contribution is -2.44. The summed E-state index contributed by atoms with van der Waals surface area (Å²) in [7, 11) is 0. The number of oxazole rings is 1. The minimum atomic E-state index is -1.07. The molecule has 1 atom stereocenters. The standard InChI is InChI=1S/C9H12N2O4/c1-5(2)7(9(13)14)11-8(12)6-3-10-4-15-6/h3-5,7H,1-2H3,(H,11,12)(H,13,14)/t7-/m0/s1. The number of carboxylic acids is 1. The van der Waals surface area contributed by atoms with Crippen LogP contribution in [0.3, 0.4) is 0 Å². The molecule has 0 aliphatic rings. The highest BCUT2D eigenvalue weighted by atomic mass is 16.4. The number of nitrogens with zero attached hydrogens (tertiary/aromatic N) is 1. The maximum Gasteiger partial charge on any atom is 0.326 e. The second-order valence-corrected chi connectivity index (χ2v) is 3.40. The number of aliphatic carboxylic acids is 1. The molecule has 0 aliphatic heterocycles. The Morgan fingerprint density at radius 1 is 1.53 bits per heavy atom. The number of amides is 1. The topological polar surface area (TPSA) is 92.4 Å². The zero-order valence-corrected chi connectivity index (χ0v) is 8.43.